The van der Waals surface area contributed by atoms with Gasteiger partial charge in [0.25, 0.3) is 0 Å². The molecule has 1 aliphatic rings. The number of nitrogens with zero attached hydrogens (tertiary/aromatic N) is 1. The molecule has 1 rings (SSSR count). The molecule has 0 bridgehead atoms. The molecule has 0 radical (unpaired) electrons. The van der Waals surface area contributed by atoms with Gasteiger partial charge in [-0.1, -0.05) is 6.92 Å². The van der Waals surface area contributed by atoms with Gasteiger partial charge in [-0.05, 0) is 32.1 Å². The number of piperidine rings is 1. The molecule has 0 spiro atoms. The van der Waals surface area contributed by atoms with E-state index in [9.17, 15) is 4.79 Å². The zero-order valence-corrected chi connectivity index (χ0v) is 10.4. The summed E-state index contributed by atoms with van der Waals surface area (Å²) in [5.74, 6) is 0.586. The van der Waals surface area contributed by atoms with E-state index < -0.39 is 0 Å². The molecule has 94 valence electrons. The Balaban J connectivity index is 2.22. The molecule has 0 aromatic heterocycles. The van der Waals surface area contributed by atoms with Gasteiger partial charge in [0.2, 0.25) is 5.91 Å². The van der Waals surface area contributed by atoms with Gasteiger partial charge in [0, 0.05) is 25.7 Å². The number of aliphatic hydroxyl groups excluding tert-OH is 1. The van der Waals surface area contributed by atoms with Gasteiger partial charge in [0.15, 0.2) is 0 Å². The highest BCUT2D eigenvalue weighted by Crippen LogP contribution is 2.16. The van der Waals surface area contributed by atoms with Crippen LogP contribution in [0.15, 0.2) is 0 Å². The molecule has 4 nitrogen and oxygen atoms in total. The summed E-state index contributed by atoms with van der Waals surface area (Å²) in [6, 6.07) is 0.402. The number of amides is 1. The molecule has 16 heavy (non-hydrogen) atoms. The van der Waals surface area contributed by atoms with Crippen LogP contribution in [0.5, 0.6) is 0 Å². The fraction of sp³-hybridized carbons (Fsp3) is 0.917. The molecule has 0 aromatic carbocycles. The van der Waals surface area contributed by atoms with Gasteiger partial charge in [-0.3, -0.25) is 4.79 Å². The summed E-state index contributed by atoms with van der Waals surface area (Å²) in [5, 5.41) is 12.2. The van der Waals surface area contributed by atoms with Crippen molar-refractivity contribution in [1.29, 1.82) is 0 Å². The molecule has 1 amide bonds. The molecule has 4 heteroatoms. The molecule has 0 aromatic rings. The van der Waals surface area contributed by atoms with Crippen LogP contribution in [0.2, 0.25) is 0 Å². The third-order valence-electron chi connectivity index (χ3n) is 3.44. The van der Waals surface area contributed by atoms with Crippen molar-refractivity contribution in [3.63, 3.8) is 0 Å². The van der Waals surface area contributed by atoms with E-state index in [2.05, 4.69) is 19.2 Å². The van der Waals surface area contributed by atoms with E-state index in [1.807, 2.05) is 4.90 Å². The molecule has 2 N–H and O–H groups in total. The van der Waals surface area contributed by atoms with Crippen LogP contribution in [-0.4, -0.2) is 48.2 Å². The number of carbonyl (C=O) groups is 1. The van der Waals surface area contributed by atoms with Gasteiger partial charge < -0.3 is 15.3 Å². The average molecular weight is 228 g/mol. The fourth-order valence-electron chi connectivity index (χ4n) is 1.88. The Morgan fingerprint density at radius 1 is 1.50 bits per heavy atom. The Bertz CT molecular complexity index is 213. The zero-order chi connectivity index (χ0) is 12.0. The third kappa shape index (κ3) is 4.10. The predicted molar refractivity (Wildman–Crippen MR) is 64.1 cm³/mol. The van der Waals surface area contributed by atoms with Crippen LogP contribution in [-0.2, 0) is 4.79 Å². The SMILES string of the molecule is CCC(C)NCC(=O)N1CCC(CO)CC1. The minimum absolute atomic E-state index is 0.191. The van der Waals surface area contributed by atoms with E-state index in [-0.39, 0.29) is 12.5 Å². The van der Waals surface area contributed by atoms with Gasteiger partial charge in [-0.15, -0.1) is 0 Å². The van der Waals surface area contributed by atoms with Crippen molar-refractivity contribution >= 4 is 5.91 Å². The number of hydrogen-bond acceptors (Lipinski definition) is 3. The number of nitrogens with one attached hydrogen (secondary N) is 1. The summed E-state index contributed by atoms with van der Waals surface area (Å²) < 4.78 is 0. The van der Waals surface area contributed by atoms with Crippen molar-refractivity contribution in [3.8, 4) is 0 Å². The first-order valence-electron chi connectivity index (χ1n) is 6.29. The summed E-state index contributed by atoms with van der Waals surface area (Å²) in [7, 11) is 0. The summed E-state index contributed by atoms with van der Waals surface area (Å²) in [4.78, 5) is 13.7. The Morgan fingerprint density at radius 3 is 2.62 bits per heavy atom. The Morgan fingerprint density at radius 2 is 2.12 bits per heavy atom. The van der Waals surface area contributed by atoms with E-state index in [0.29, 0.717) is 18.5 Å². The van der Waals surface area contributed by atoms with E-state index in [4.69, 9.17) is 5.11 Å². The monoisotopic (exact) mass is 228 g/mol. The molecule has 0 aliphatic carbocycles. The van der Waals surface area contributed by atoms with E-state index in [1.165, 1.54) is 0 Å². The molecular formula is C12H24N2O2. The third-order valence-corrected chi connectivity index (χ3v) is 3.44. The lowest BCUT2D eigenvalue weighted by Crippen LogP contribution is -2.44. The molecule has 1 heterocycles. The summed E-state index contributed by atoms with van der Waals surface area (Å²) >= 11 is 0. The highest BCUT2D eigenvalue weighted by Gasteiger charge is 2.21. The molecule has 1 fully saturated rings. The van der Waals surface area contributed by atoms with Gasteiger partial charge in [0.05, 0.1) is 6.54 Å². The van der Waals surface area contributed by atoms with Crippen LogP contribution in [0.3, 0.4) is 0 Å². The minimum atomic E-state index is 0.191. The maximum Gasteiger partial charge on any atom is 0.236 e. The van der Waals surface area contributed by atoms with Gasteiger partial charge in [0.1, 0.15) is 0 Å². The van der Waals surface area contributed by atoms with E-state index >= 15 is 0 Å². The quantitative estimate of drug-likeness (QED) is 0.725. The van der Waals surface area contributed by atoms with Gasteiger partial charge >= 0.3 is 0 Å². The maximum atomic E-state index is 11.8. The number of likely N-dealkylation sites (tertiary alicyclic amines) is 1. The van der Waals surface area contributed by atoms with Crippen LogP contribution in [0.25, 0.3) is 0 Å². The van der Waals surface area contributed by atoms with Crippen molar-refractivity contribution < 1.29 is 9.90 Å². The van der Waals surface area contributed by atoms with Crippen molar-refractivity contribution in [1.82, 2.24) is 10.2 Å². The highest BCUT2D eigenvalue weighted by molar-refractivity contribution is 5.78. The topological polar surface area (TPSA) is 52.6 Å². The smallest absolute Gasteiger partial charge is 0.236 e. The van der Waals surface area contributed by atoms with Crippen molar-refractivity contribution in [3.05, 3.63) is 0 Å². The maximum absolute atomic E-state index is 11.8. The predicted octanol–water partition coefficient (Wildman–Crippen LogP) is 0.605. The first-order chi connectivity index (χ1) is 7.67. The number of hydrogen-bond donors (Lipinski definition) is 2. The first-order valence-corrected chi connectivity index (χ1v) is 6.29. The second kappa shape index (κ2) is 6.86. The van der Waals surface area contributed by atoms with Gasteiger partial charge in [-0.2, -0.15) is 0 Å². The Hall–Kier alpha value is -0.610. The average Bonchev–Trinajstić information content (AvgIpc) is 2.35. The van der Waals surface area contributed by atoms with Crippen molar-refractivity contribution in [2.24, 2.45) is 5.92 Å². The second-order valence-electron chi connectivity index (χ2n) is 4.70. The standard InChI is InChI=1S/C12H24N2O2/c1-3-10(2)13-8-12(16)14-6-4-11(9-15)5-7-14/h10-11,13,15H,3-9H2,1-2H3. The Kier molecular flexibility index (Phi) is 5.77. The Labute approximate surface area is 98.0 Å². The fourth-order valence-corrected chi connectivity index (χ4v) is 1.88. The normalized spacial score (nSPS) is 19.8. The molecule has 1 unspecified atom stereocenters. The largest absolute Gasteiger partial charge is 0.396 e. The van der Waals surface area contributed by atoms with Crippen LogP contribution in [0.4, 0.5) is 0 Å². The summed E-state index contributed by atoms with van der Waals surface area (Å²) in [5.41, 5.74) is 0. The lowest BCUT2D eigenvalue weighted by molar-refractivity contribution is -0.131. The van der Waals surface area contributed by atoms with E-state index in [0.717, 1.165) is 32.4 Å². The van der Waals surface area contributed by atoms with Crippen LogP contribution < -0.4 is 5.32 Å². The highest BCUT2D eigenvalue weighted by atomic mass is 16.3. The molecule has 1 aliphatic heterocycles. The van der Waals surface area contributed by atoms with Crippen molar-refractivity contribution in [2.45, 2.75) is 39.2 Å². The number of rotatable bonds is 5. The van der Waals surface area contributed by atoms with Crippen LogP contribution in [0.1, 0.15) is 33.1 Å². The van der Waals surface area contributed by atoms with Gasteiger partial charge in [-0.25, -0.2) is 0 Å². The summed E-state index contributed by atoms with van der Waals surface area (Å²) in [6.07, 6.45) is 2.91. The number of aliphatic hydroxyl groups is 1. The zero-order valence-electron chi connectivity index (χ0n) is 10.4. The second-order valence-corrected chi connectivity index (χ2v) is 4.70. The molecule has 1 saturated heterocycles. The number of carbonyl (C=O) groups excluding carboxylic acids is 1. The molecule has 0 saturated carbocycles. The lowest BCUT2D eigenvalue weighted by atomic mass is 9.98. The molecule has 1 atom stereocenters. The van der Waals surface area contributed by atoms with Crippen LogP contribution >= 0.6 is 0 Å². The van der Waals surface area contributed by atoms with E-state index in [1.54, 1.807) is 0 Å². The van der Waals surface area contributed by atoms with Crippen molar-refractivity contribution in [2.75, 3.05) is 26.2 Å². The minimum Gasteiger partial charge on any atom is -0.396 e. The lowest BCUT2D eigenvalue weighted by Gasteiger charge is -2.31. The first kappa shape index (κ1) is 13.5. The van der Waals surface area contributed by atoms with Crippen LogP contribution in [0, 0.1) is 5.92 Å². The summed E-state index contributed by atoms with van der Waals surface area (Å²) in [6.45, 7) is 6.49. The molecular weight excluding hydrogens is 204 g/mol.